The first-order valence-electron chi connectivity index (χ1n) is 6.63. The lowest BCUT2D eigenvalue weighted by Gasteiger charge is -2.21. The van der Waals surface area contributed by atoms with Crippen LogP contribution in [0.3, 0.4) is 0 Å². The Balaban J connectivity index is 1.92. The molecular weight excluding hydrogens is 250 g/mol. The van der Waals surface area contributed by atoms with Crippen molar-refractivity contribution in [2.45, 2.75) is 13.0 Å². The average Bonchev–Trinajstić information content (AvgIpc) is 2.85. The van der Waals surface area contributed by atoms with E-state index in [1.54, 1.807) is 0 Å². The molecule has 0 saturated carbocycles. The number of hydrogen-bond acceptors (Lipinski definition) is 3. The lowest BCUT2D eigenvalue weighted by atomic mass is 10.1. The number of hydrogen-bond donors (Lipinski definition) is 2. The van der Waals surface area contributed by atoms with Crippen molar-refractivity contribution < 1.29 is 4.79 Å². The molecule has 1 amide bonds. The summed E-state index contributed by atoms with van der Waals surface area (Å²) in [5.41, 5.74) is 10.9. The van der Waals surface area contributed by atoms with Crippen LogP contribution in [-0.4, -0.2) is 13.0 Å². The zero-order valence-electron chi connectivity index (χ0n) is 11.4. The summed E-state index contributed by atoms with van der Waals surface area (Å²) in [6.45, 7) is 0.532. The smallest absolute Gasteiger partial charge is 0.228 e. The van der Waals surface area contributed by atoms with Gasteiger partial charge in [-0.05, 0) is 41.5 Å². The Hall–Kier alpha value is -2.33. The predicted octanol–water partition coefficient (Wildman–Crippen LogP) is 2.41. The summed E-state index contributed by atoms with van der Waals surface area (Å²) >= 11 is 0. The van der Waals surface area contributed by atoms with Crippen LogP contribution in [0, 0.1) is 0 Å². The fourth-order valence-electron chi connectivity index (χ4n) is 2.47. The lowest BCUT2D eigenvalue weighted by molar-refractivity contribution is -0.115. The van der Waals surface area contributed by atoms with Gasteiger partial charge in [-0.3, -0.25) is 4.79 Å². The minimum Gasteiger partial charge on any atom is -0.345 e. The molecule has 20 heavy (non-hydrogen) atoms. The zero-order chi connectivity index (χ0) is 14.1. The molecule has 1 aliphatic heterocycles. The van der Waals surface area contributed by atoms with E-state index in [2.05, 4.69) is 28.4 Å². The Morgan fingerprint density at radius 1 is 1.20 bits per heavy atom. The number of nitrogens with zero attached hydrogens (tertiary/aromatic N) is 1. The molecule has 2 aromatic carbocycles. The molecule has 3 rings (SSSR count). The average molecular weight is 267 g/mol. The Labute approximate surface area is 118 Å². The molecule has 0 spiro atoms. The van der Waals surface area contributed by atoms with Crippen LogP contribution < -0.4 is 16.0 Å². The molecule has 0 atom stereocenters. The summed E-state index contributed by atoms with van der Waals surface area (Å²) in [5, 5.41) is 2.85. The first-order valence-corrected chi connectivity index (χ1v) is 6.63. The van der Waals surface area contributed by atoms with Crippen molar-refractivity contribution in [2.75, 3.05) is 17.3 Å². The first kappa shape index (κ1) is 12.7. The Kier molecular flexibility index (Phi) is 3.16. The monoisotopic (exact) mass is 267 g/mol. The van der Waals surface area contributed by atoms with Gasteiger partial charge < -0.3 is 16.0 Å². The van der Waals surface area contributed by atoms with Crippen molar-refractivity contribution in [3.05, 3.63) is 53.6 Å². The first-order chi connectivity index (χ1) is 9.67. The van der Waals surface area contributed by atoms with E-state index < -0.39 is 0 Å². The second-order valence-electron chi connectivity index (χ2n) is 5.00. The van der Waals surface area contributed by atoms with Crippen LogP contribution in [0.15, 0.2) is 42.5 Å². The Morgan fingerprint density at radius 2 is 2.00 bits per heavy atom. The number of rotatable bonds is 3. The lowest BCUT2D eigenvalue weighted by Crippen LogP contribution is -2.10. The standard InChI is InChI=1S/C16H17N3O/c1-19(13-4-2-3-11(7-13)10-17)14-5-6-15-12(8-14)9-16(20)18-15/h2-8H,9-10,17H2,1H3,(H,18,20). The van der Waals surface area contributed by atoms with Gasteiger partial charge in [-0.1, -0.05) is 12.1 Å². The number of amides is 1. The third kappa shape index (κ3) is 2.26. The summed E-state index contributed by atoms with van der Waals surface area (Å²) in [6, 6.07) is 14.2. The molecule has 102 valence electrons. The van der Waals surface area contributed by atoms with Crippen molar-refractivity contribution in [1.29, 1.82) is 0 Å². The second kappa shape index (κ2) is 4.98. The van der Waals surface area contributed by atoms with Gasteiger partial charge in [0, 0.05) is 30.7 Å². The van der Waals surface area contributed by atoms with E-state index in [0.717, 1.165) is 28.2 Å². The number of anilines is 3. The molecule has 0 saturated heterocycles. The van der Waals surface area contributed by atoms with Gasteiger partial charge in [0.2, 0.25) is 5.91 Å². The molecule has 4 heteroatoms. The number of benzene rings is 2. The highest BCUT2D eigenvalue weighted by Gasteiger charge is 2.18. The summed E-state index contributed by atoms with van der Waals surface area (Å²) in [6.07, 6.45) is 0.458. The van der Waals surface area contributed by atoms with Gasteiger partial charge in [-0.2, -0.15) is 0 Å². The van der Waals surface area contributed by atoms with Crippen molar-refractivity contribution in [2.24, 2.45) is 5.73 Å². The Bertz CT molecular complexity index is 667. The highest BCUT2D eigenvalue weighted by molar-refractivity contribution is 5.99. The maximum absolute atomic E-state index is 11.4. The van der Waals surface area contributed by atoms with Crippen LogP contribution in [0.5, 0.6) is 0 Å². The molecule has 1 heterocycles. The van der Waals surface area contributed by atoms with E-state index in [-0.39, 0.29) is 5.91 Å². The third-order valence-corrected chi connectivity index (χ3v) is 3.63. The van der Waals surface area contributed by atoms with Crippen molar-refractivity contribution >= 4 is 23.0 Å². The van der Waals surface area contributed by atoms with E-state index in [1.165, 1.54) is 0 Å². The normalized spacial score (nSPS) is 13.0. The number of nitrogens with one attached hydrogen (secondary N) is 1. The SMILES string of the molecule is CN(c1cccc(CN)c1)c1ccc2c(c1)CC(=O)N2. The van der Waals surface area contributed by atoms with Crippen LogP contribution >= 0.6 is 0 Å². The van der Waals surface area contributed by atoms with Crippen molar-refractivity contribution in [1.82, 2.24) is 0 Å². The van der Waals surface area contributed by atoms with Gasteiger partial charge in [-0.25, -0.2) is 0 Å². The zero-order valence-corrected chi connectivity index (χ0v) is 11.4. The minimum atomic E-state index is 0.0601. The van der Waals surface area contributed by atoms with Gasteiger partial charge in [0.05, 0.1) is 6.42 Å². The van der Waals surface area contributed by atoms with Gasteiger partial charge in [0.1, 0.15) is 0 Å². The summed E-state index contributed by atoms with van der Waals surface area (Å²) in [5.74, 6) is 0.0601. The molecule has 0 radical (unpaired) electrons. The molecule has 0 bridgehead atoms. The van der Waals surface area contributed by atoms with Crippen LogP contribution in [0.1, 0.15) is 11.1 Å². The van der Waals surface area contributed by atoms with Gasteiger partial charge >= 0.3 is 0 Å². The van der Waals surface area contributed by atoms with Crippen LogP contribution in [-0.2, 0) is 17.8 Å². The van der Waals surface area contributed by atoms with E-state index in [9.17, 15) is 4.79 Å². The number of carbonyl (C=O) groups is 1. The third-order valence-electron chi connectivity index (χ3n) is 3.63. The van der Waals surface area contributed by atoms with E-state index >= 15 is 0 Å². The number of carbonyl (C=O) groups excluding carboxylic acids is 1. The largest absolute Gasteiger partial charge is 0.345 e. The van der Waals surface area contributed by atoms with Crippen molar-refractivity contribution in [3.8, 4) is 0 Å². The molecule has 0 aromatic heterocycles. The summed E-state index contributed by atoms with van der Waals surface area (Å²) in [7, 11) is 2.02. The molecule has 0 aliphatic carbocycles. The molecule has 4 nitrogen and oxygen atoms in total. The summed E-state index contributed by atoms with van der Waals surface area (Å²) in [4.78, 5) is 13.5. The topological polar surface area (TPSA) is 58.4 Å². The number of nitrogens with two attached hydrogens (primary N) is 1. The van der Waals surface area contributed by atoms with Gasteiger partial charge in [0.25, 0.3) is 0 Å². The fourth-order valence-corrected chi connectivity index (χ4v) is 2.47. The van der Waals surface area contributed by atoms with Gasteiger partial charge in [0.15, 0.2) is 0 Å². The minimum absolute atomic E-state index is 0.0601. The van der Waals surface area contributed by atoms with Crippen LogP contribution in [0.25, 0.3) is 0 Å². The van der Waals surface area contributed by atoms with Crippen LogP contribution in [0.4, 0.5) is 17.1 Å². The molecule has 0 unspecified atom stereocenters. The van der Waals surface area contributed by atoms with E-state index in [0.29, 0.717) is 13.0 Å². The second-order valence-corrected chi connectivity index (χ2v) is 5.00. The van der Waals surface area contributed by atoms with Gasteiger partial charge in [-0.15, -0.1) is 0 Å². The van der Waals surface area contributed by atoms with Crippen LogP contribution in [0.2, 0.25) is 0 Å². The molecule has 1 aliphatic rings. The highest BCUT2D eigenvalue weighted by atomic mass is 16.1. The molecule has 0 fully saturated rings. The maximum atomic E-state index is 11.4. The Morgan fingerprint density at radius 3 is 2.80 bits per heavy atom. The summed E-state index contributed by atoms with van der Waals surface area (Å²) < 4.78 is 0. The van der Waals surface area contributed by atoms with E-state index in [1.807, 2.05) is 31.3 Å². The fraction of sp³-hybridized carbons (Fsp3) is 0.188. The highest BCUT2D eigenvalue weighted by Crippen LogP contribution is 2.30. The maximum Gasteiger partial charge on any atom is 0.228 e. The quantitative estimate of drug-likeness (QED) is 0.897. The van der Waals surface area contributed by atoms with Crippen molar-refractivity contribution in [3.63, 3.8) is 0 Å². The molecule has 3 N–H and O–H groups in total. The molecular formula is C16H17N3O. The predicted molar refractivity (Wildman–Crippen MR) is 81.2 cm³/mol. The molecule has 2 aromatic rings. The number of fused-ring (bicyclic) bond motifs is 1. The van der Waals surface area contributed by atoms with E-state index in [4.69, 9.17) is 5.73 Å².